The summed E-state index contributed by atoms with van der Waals surface area (Å²) in [6, 6.07) is 14.2. The summed E-state index contributed by atoms with van der Waals surface area (Å²) >= 11 is 0. The normalized spacial score (nSPS) is 14.8. The minimum absolute atomic E-state index is 0.128. The second-order valence-corrected chi connectivity index (χ2v) is 6.28. The number of hydrogen-bond donors (Lipinski definition) is 3. The molecule has 7 heteroatoms. The van der Waals surface area contributed by atoms with Crippen molar-refractivity contribution in [1.82, 2.24) is 5.32 Å². The molecule has 27 heavy (non-hydrogen) atoms. The summed E-state index contributed by atoms with van der Waals surface area (Å²) in [5.74, 6) is -0.434. The maximum atomic E-state index is 11.7. The van der Waals surface area contributed by atoms with E-state index >= 15 is 0 Å². The van der Waals surface area contributed by atoms with Crippen molar-refractivity contribution in [1.29, 1.82) is 0 Å². The van der Waals surface area contributed by atoms with E-state index in [1.165, 1.54) is 6.07 Å². The van der Waals surface area contributed by atoms with Gasteiger partial charge in [0.1, 0.15) is 19.3 Å². The smallest absolute Gasteiger partial charge is 0.407 e. The Balaban J connectivity index is 1.43. The molecule has 142 valence electrons. The number of aliphatic hydroxyl groups excluding tert-OH is 2. The SMILES string of the molecule is O=C(NCCC(O)C(O)c1ccc2c(c1)C(=O)OC2)OCc1ccccc1. The zero-order valence-electron chi connectivity index (χ0n) is 14.6. The third-order valence-corrected chi connectivity index (χ3v) is 4.34. The molecule has 2 unspecified atom stereocenters. The molecule has 1 aliphatic heterocycles. The fourth-order valence-corrected chi connectivity index (χ4v) is 2.79. The second kappa shape index (κ2) is 8.66. The van der Waals surface area contributed by atoms with Gasteiger partial charge in [-0.1, -0.05) is 42.5 Å². The fourth-order valence-electron chi connectivity index (χ4n) is 2.79. The monoisotopic (exact) mass is 371 g/mol. The summed E-state index contributed by atoms with van der Waals surface area (Å²) in [5, 5.41) is 23.0. The molecule has 0 bridgehead atoms. The van der Waals surface area contributed by atoms with E-state index in [4.69, 9.17) is 9.47 Å². The van der Waals surface area contributed by atoms with Crippen LogP contribution in [0.4, 0.5) is 4.79 Å². The van der Waals surface area contributed by atoms with Crippen LogP contribution >= 0.6 is 0 Å². The van der Waals surface area contributed by atoms with E-state index in [2.05, 4.69) is 5.32 Å². The molecule has 3 N–H and O–H groups in total. The first kappa shape index (κ1) is 18.9. The van der Waals surface area contributed by atoms with Crippen molar-refractivity contribution in [3.63, 3.8) is 0 Å². The van der Waals surface area contributed by atoms with Crippen LogP contribution in [0.1, 0.15) is 39.6 Å². The number of amides is 1. The quantitative estimate of drug-likeness (QED) is 0.644. The molecule has 1 amide bonds. The third kappa shape index (κ3) is 4.84. The number of aliphatic hydroxyl groups is 2. The van der Waals surface area contributed by atoms with Crippen molar-refractivity contribution in [2.45, 2.75) is 31.8 Å². The lowest BCUT2D eigenvalue weighted by Gasteiger charge is -2.18. The Bertz CT molecular complexity index is 807. The Morgan fingerprint density at radius 2 is 1.96 bits per heavy atom. The van der Waals surface area contributed by atoms with E-state index in [1.807, 2.05) is 30.3 Å². The predicted octanol–water partition coefficient (Wildman–Crippen LogP) is 2.07. The van der Waals surface area contributed by atoms with Gasteiger partial charge >= 0.3 is 12.1 Å². The van der Waals surface area contributed by atoms with Crippen LogP contribution in [0.5, 0.6) is 0 Å². The van der Waals surface area contributed by atoms with E-state index in [-0.39, 0.29) is 26.2 Å². The molecule has 7 nitrogen and oxygen atoms in total. The van der Waals surface area contributed by atoms with Crippen LogP contribution < -0.4 is 5.32 Å². The number of fused-ring (bicyclic) bond motifs is 1. The number of carbonyl (C=O) groups excluding carboxylic acids is 2. The first-order chi connectivity index (χ1) is 13.0. The van der Waals surface area contributed by atoms with Crippen LogP contribution in [0.2, 0.25) is 0 Å². The highest BCUT2D eigenvalue weighted by Gasteiger charge is 2.25. The molecule has 0 aliphatic carbocycles. The van der Waals surface area contributed by atoms with Crippen molar-refractivity contribution in [3.05, 3.63) is 70.8 Å². The number of hydrogen-bond acceptors (Lipinski definition) is 6. The molecule has 2 atom stereocenters. The van der Waals surface area contributed by atoms with Gasteiger partial charge in [-0.15, -0.1) is 0 Å². The van der Waals surface area contributed by atoms with Gasteiger partial charge in [-0.05, 0) is 23.6 Å². The predicted molar refractivity (Wildman–Crippen MR) is 95.8 cm³/mol. The van der Waals surface area contributed by atoms with Crippen LogP contribution in [0.15, 0.2) is 48.5 Å². The third-order valence-electron chi connectivity index (χ3n) is 4.34. The molecule has 0 radical (unpaired) electrons. The van der Waals surface area contributed by atoms with Gasteiger partial charge in [0.05, 0.1) is 11.7 Å². The van der Waals surface area contributed by atoms with Gasteiger partial charge in [-0.25, -0.2) is 9.59 Å². The summed E-state index contributed by atoms with van der Waals surface area (Å²) in [4.78, 5) is 23.3. The highest BCUT2D eigenvalue weighted by molar-refractivity contribution is 5.93. The zero-order valence-corrected chi connectivity index (χ0v) is 14.6. The Morgan fingerprint density at radius 1 is 1.19 bits per heavy atom. The van der Waals surface area contributed by atoms with E-state index in [0.717, 1.165) is 11.1 Å². The number of nitrogens with one attached hydrogen (secondary N) is 1. The Kier molecular flexibility index (Phi) is 6.05. The minimum atomic E-state index is -1.18. The number of rotatable bonds is 7. The first-order valence-electron chi connectivity index (χ1n) is 8.65. The summed E-state index contributed by atoms with van der Waals surface area (Å²) < 4.78 is 9.99. The van der Waals surface area contributed by atoms with Crippen LogP contribution in [-0.2, 0) is 22.7 Å². The van der Waals surface area contributed by atoms with Crippen molar-refractivity contribution in [3.8, 4) is 0 Å². The average Bonchev–Trinajstić information content (AvgIpc) is 3.07. The minimum Gasteiger partial charge on any atom is -0.457 e. The lowest BCUT2D eigenvalue weighted by molar-refractivity contribution is 0.0136. The van der Waals surface area contributed by atoms with Crippen molar-refractivity contribution >= 4 is 12.1 Å². The van der Waals surface area contributed by atoms with Gasteiger partial charge in [-0.3, -0.25) is 0 Å². The molecule has 1 heterocycles. The maximum absolute atomic E-state index is 11.7. The lowest BCUT2D eigenvalue weighted by atomic mass is 9.98. The van der Waals surface area contributed by atoms with Crippen LogP contribution in [0.25, 0.3) is 0 Å². The molecular weight excluding hydrogens is 350 g/mol. The number of benzene rings is 2. The van der Waals surface area contributed by atoms with Crippen molar-refractivity contribution in [2.75, 3.05) is 6.54 Å². The molecule has 2 aromatic rings. The van der Waals surface area contributed by atoms with E-state index in [9.17, 15) is 19.8 Å². The number of cyclic esters (lactones) is 1. The molecule has 0 fully saturated rings. The summed E-state index contributed by atoms with van der Waals surface area (Å²) in [5.41, 5.74) is 2.46. The number of carbonyl (C=O) groups is 2. The molecule has 3 rings (SSSR count). The van der Waals surface area contributed by atoms with Gasteiger partial charge in [0.25, 0.3) is 0 Å². The fraction of sp³-hybridized carbons (Fsp3) is 0.300. The summed E-state index contributed by atoms with van der Waals surface area (Å²) in [6.45, 7) is 0.518. The van der Waals surface area contributed by atoms with E-state index in [0.29, 0.717) is 11.1 Å². The second-order valence-electron chi connectivity index (χ2n) is 6.28. The molecule has 0 saturated carbocycles. The molecule has 1 aliphatic rings. The van der Waals surface area contributed by atoms with Crippen LogP contribution in [-0.4, -0.2) is 34.9 Å². The Labute approximate surface area is 156 Å². The van der Waals surface area contributed by atoms with Gasteiger partial charge in [-0.2, -0.15) is 0 Å². The number of ether oxygens (including phenoxy) is 2. The van der Waals surface area contributed by atoms with E-state index < -0.39 is 24.3 Å². The molecular formula is C20H21NO6. The van der Waals surface area contributed by atoms with Crippen LogP contribution in [0.3, 0.4) is 0 Å². The van der Waals surface area contributed by atoms with Gasteiger partial charge in [0.15, 0.2) is 0 Å². The standard InChI is InChI=1S/C20H21NO6/c22-17(8-9-21-20(25)27-11-13-4-2-1-3-5-13)18(23)14-6-7-15-12-26-19(24)16(15)10-14/h1-7,10,17-18,22-23H,8-9,11-12H2,(H,21,25). The highest BCUT2D eigenvalue weighted by Crippen LogP contribution is 2.26. The van der Waals surface area contributed by atoms with Crippen molar-refractivity contribution < 1.29 is 29.3 Å². The molecule has 2 aromatic carbocycles. The maximum Gasteiger partial charge on any atom is 0.407 e. The van der Waals surface area contributed by atoms with Gasteiger partial charge < -0.3 is 25.0 Å². The average molecular weight is 371 g/mol. The summed E-state index contributed by atoms with van der Waals surface area (Å²) in [7, 11) is 0. The van der Waals surface area contributed by atoms with E-state index in [1.54, 1.807) is 12.1 Å². The Morgan fingerprint density at radius 3 is 2.74 bits per heavy atom. The lowest BCUT2D eigenvalue weighted by Crippen LogP contribution is -2.29. The number of esters is 1. The topological polar surface area (TPSA) is 105 Å². The van der Waals surface area contributed by atoms with Crippen LogP contribution in [0, 0.1) is 0 Å². The first-order valence-corrected chi connectivity index (χ1v) is 8.65. The molecule has 0 spiro atoms. The largest absolute Gasteiger partial charge is 0.457 e. The van der Waals surface area contributed by atoms with Gasteiger partial charge in [0, 0.05) is 12.1 Å². The van der Waals surface area contributed by atoms with Crippen molar-refractivity contribution in [2.24, 2.45) is 0 Å². The zero-order chi connectivity index (χ0) is 19.2. The van der Waals surface area contributed by atoms with Gasteiger partial charge in [0.2, 0.25) is 0 Å². The highest BCUT2D eigenvalue weighted by atomic mass is 16.5. The Hall–Kier alpha value is -2.90. The summed E-state index contributed by atoms with van der Waals surface area (Å²) in [6.07, 6.45) is -2.75. The number of alkyl carbamates (subject to hydrolysis) is 1. The molecule has 0 aromatic heterocycles. The molecule has 0 saturated heterocycles.